The lowest BCUT2D eigenvalue weighted by Crippen LogP contribution is -2.36. The third-order valence-electron chi connectivity index (χ3n) is 3.25. The third kappa shape index (κ3) is 3.44. The molecule has 7 heteroatoms. The monoisotopic (exact) mass is 283 g/mol. The average molecular weight is 283 g/mol. The molecule has 0 saturated carbocycles. The predicted octanol–water partition coefficient (Wildman–Crippen LogP) is 0.0788. The Hall–Kier alpha value is -1.63. The van der Waals surface area contributed by atoms with Crippen molar-refractivity contribution in [3.8, 4) is 0 Å². The second kappa shape index (κ2) is 5.16. The number of rotatable bonds is 3. The van der Waals surface area contributed by atoms with Crippen molar-refractivity contribution in [3.63, 3.8) is 0 Å². The normalized spacial score (nSPS) is 21.9. The summed E-state index contributed by atoms with van der Waals surface area (Å²) in [5.41, 5.74) is 0.836. The van der Waals surface area contributed by atoms with E-state index in [0.717, 1.165) is 5.56 Å². The smallest absolute Gasteiger partial charge is 0.246 e. The maximum absolute atomic E-state index is 11.9. The Labute approximate surface area is 112 Å². The summed E-state index contributed by atoms with van der Waals surface area (Å²) >= 11 is 0. The molecule has 0 radical (unpaired) electrons. The lowest BCUT2D eigenvalue weighted by Gasteiger charge is -2.21. The van der Waals surface area contributed by atoms with Crippen LogP contribution in [0.3, 0.4) is 0 Å². The molecule has 2 heterocycles. The SMILES string of the molecule is CN(C(=O)/C=C/c1cnn(C)c1)[C@H]1CCS(=O)(=O)C1. The number of nitrogens with zero attached hydrogens (tertiary/aromatic N) is 3. The molecular formula is C12H17N3O3S. The Bertz CT molecular complexity index is 603. The average Bonchev–Trinajstić information content (AvgIpc) is 2.91. The number of hydrogen-bond donors (Lipinski definition) is 0. The highest BCUT2D eigenvalue weighted by atomic mass is 32.2. The van der Waals surface area contributed by atoms with Gasteiger partial charge in [0.05, 0.1) is 17.7 Å². The van der Waals surface area contributed by atoms with Gasteiger partial charge in [-0.1, -0.05) is 0 Å². The Morgan fingerprint density at radius 1 is 1.58 bits per heavy atom. The summed E-state index contributed by atoms with van der Waals surface area (Å²) in [5.74, 6) is 0.0448. The third-order valence-corrected chi connectivity index (χ3v) is 5.00. The van der Waals surface area contributed by atoms with Gasteiger partial charge in [-0.3, -0.25) is 9.48 Å². The van der Waals surface area contributed by atoms with Crippen molar-refractivity contribution in [2.75, 3.05) is 18.6 Å². The van der Waals surface area contributed by atoms with Crippen molar-refractivity contribution < 1.29 is 13.2 Å². The van der Waals surface area contributed by atoms with E-state index in [1.807, 2.05) is 0 Å². The number of hydrogen-bond acceptors (Lipinski definition) is 4. The molecule has 0 bridgehead atoms. The fraction of sp³-hybridized carbons (Fsp3) is 0.500. The van der Waals surface area contributed by atoms with Crippen LogP contribution in [-0.2, 0) is 21.7 Å². The van der Waals surface area contributed by atoms with Gasteiger partial charge in [0.1, 0.15) is 0 Å². The van der Waals surface area contributed by atoms with Gasteiger partial charge in [0.15, 0.2) is 9.84 Å². The van der Waals surface area contributed by atoms with Gasteiger partial charge in [0, 0.05) is 38.0 Å². The molecule has 2 rings (SSSR count). The largest absolute Gasteiger partial charge is 0.338 e. The minimum Gasteiger partial charge on any atom is -0.338 e. The van der Waals surface area contributed by atoms with Gasteiger partial charge in [0.2, 0.25) is 5.91 Å². The summed E-state index contributed by atoms with van der Waals surface area (Å²) in [5, 5.41) is 4.00. The van der Waals surface area contributed by atoms with Crippen LogP contribution in [-0.4, -0.2) is 53.6 Å². The molecular weight excluding hydrogens is 266 g/mol. The zero-order valence-electron chi connectivity index (χ0n) is 11.0. The van der Waals surface area contributed by atoms with Gasteiger partial charge in [-0.15, -0.1) is 0 Å². The summed E-state index contributed by atoms with van der Waals surface area (Å²) in [6.45, 7) is 0. The lowest BCUT2D eigenvalue weighted by atomic mass is 10.2. The highest BCUT2D eigenvalue weighted by molar-refractivity contribution is 7.91. The number of likely N-dealkylation sites (N-methyl/N-ethyl adjacent to an activating group) is 1. The van der Waals surface area contributed by atoms with E-state index in [1.54, 1.807) is 37.2 Å². The van der Waals surface area contributed by atoms with Crippen molar-refractivity contribution in [2.24, 2.45) is 7.05 Å². The number of amides is 1. The molecule has 0 N–H and O–H groups in total. The fourth-order valence-corrected chi connectivity index (χ4v) is 3.85. The van der Waals surface area contributed by atoms with Gasteiger partial charge in [-0.05, 0) is 12.5 Å². The summed E-state index contributed by atoms with van der Waals surface area (Å²) in [6.07, 6.45) is 7.09. The summed E-state index contributed by atoms with van der Waals surface area (Å²) < 4.78 is 24.4. The molecule has 0 unspecified atom stereocenters. The highest BCUT2D eigenvalue weighted by Crippen LogP contribution is 2.16. The van der Waals surface area contributed by atoms with Gasteiger partial charge >= 0.3 is 0 Å². The first-order valence-corrected chi connectivity index (χ1v) is 7.83. The number of aryl methyl sites for hydroxylation is 1. The first-order valence-electron chi connectivity index (χ1n) is 6.01. The Kier molecular flexibility index (Phi) is 3.75. The zero-order valence-corrected chi connectivity index (χ0v) is 11.8. The second-order valence-corrected chi connectivity index (χ2v) is 7.02. The molecule has 0 spiro atoms. The zero-order chi connectivity index (χ0) is 14.0. The maximum Gasteiger partial charge on any atom is 0.246 e. The topological polar surface area (TPSA) is 72.3 Å². The molecule has 1 amide bonds. The van der Waals surface area contributed by atoms with Crippen LogP contribution in [0.25, 0.3) is 6.08 Å². The van der Waals surface area contributed by atoms with Gasteiger partial charge in [0.25, 0.3) is 0 Å². The Morgan fingerprint density at radius 3 is 2.84 bits per heavy atom. The minimum atomic E-state index is -2.97. The van der Waals surface area contributed by atoms with Crippen molar-refractivity contribution in [3.05, 3.63) is 24.0 Å². The summed E-state index contributed by atoms with van der Waals surface area (Å²) in [7, 11) is 0.471. The number of aromatic nitrogens is 2. The molecule has 1 atom stereocenters. The number of sulfone groups is 1. The van der Waals surface area contributed by atoms with E-state index in [9.17, 15) is 13.2 Å². The van der Waals surface area contributed by atoms with Gasteiger partial charge in [-0.25, -0.2) is 8.42 Å². The van der Waals surface area contributed by atoms with E-state index >= 15 is 0 Å². The van der Waals surface area contributed by atoms with Crippen molar-refractivity contribution >= 4 is 21.8 Å². The van der Waals surface area contributed by atoms with Crippen molar-refractivity contribution in [1.82, 2.24) is 14.7 Å². The lowest BCUT2D eigenvalue weighted by molar-refractivity contribution is -0.126. The second-order valence-electron chi connectivity index (χ2n) is 4.79. The van der Waals surface area contributed by atoms with Crippen molar-refractivity contribution in [1.29, 1.82) is 0 Å². The Morgan fingerprint density at radius 2 is 2.32 bits per heavy atom. The van der Waals surface area contributed by atoms with Crippen LogP contribution in [0.2, 0.25) is 0 Å². The molecule has 1 aliphatic rings. The van der Waals surface area contributed by atoms with Crippen molar-refractivity contribution in [2.45, 2.75) is 12.5 Å². The van der Waals surface area contributed by atoms with E-state index < -0.39 is 9.84 Å². The molecule has 1 aromatic rings. The van der Waals surface area contributed by atoms with Crippen LogP contribution in [0.5, 0.6) is 0 Å². The van der Waals surface area contributed by atoms with E-state index in [2.05, 4.69) is 5.10 Å². The maximum atomic E-state index is 11.9. The molecule has 1 fully saturated rings. The molecule has 6 nitrogen and oxygen atoms in total. The van der Waals surface area contributed by atoms with E-state index in [0.29, 0.717) is 6.42 Å². The van der Waals surface area contributed by atoms with E-state index in [4.69, 9.17) is 0 Å². The van der Waals surface area contributed by atoms with Crippen LogP contribution in [0.1, 0.15) is 12.0 Å². The quantitative estimate of drug-likeness (QED) is 0.736. The van der Waals surface area contributed by atoms with Gasteiger partial charge < -0.3 is 4.90 Å². The Balaban J connectivity index is 1.98. The van der Waals surface area contributed by atoms with Crippen LogP contribution >= 0.6 is 0 Å². The van der Waals surface area contributed by atoms with Crippen LogP contribution in [0.15, 0.2) is 18.5 Å². The molecule has 104 valence electrons. The van der Waals surface area contributed by atoms with Gasteiger partial charge in [-0.2, -0.15) is 5.10 Å². The standard InChI is InChI=1S/C12H17N3O3S/c1-14-8-10(7-13-14)3-4-12(16)15(2)11-5-6-19(17,18)9-11/h3-4,7-8,11H,5-6,9H2,1-2H3/b4-3+/t11-/m0/s1. The molecule has 19 heavy (non-hydrogen) atoms. The molecule has 0 aromatic carbocycles. The predicted molar refractivity (Wildman–Crippen MR) is 72.1 cm³/mol. The number of carbonyl (C=O) groups is 1. The summed E-state index contributed by atoms with van der Waals surface area (Å²) in [4.78, 5) is 13.4. The van der Waals surface area contributed by atoms with E-state index in [-0.39, 0.29) is 23.5 Å². The first-order chi connectivity index (χ1) is 8.87. The van der Waals surface area contributed by atoms with Crippen LogP contribution < -0.4 is 0 Å². The molecule has 1 aliphatic heterocycles. The molecule has 1 aromatic heterocycles. The highest BCUT2D eigenvalue weighted by Gasteiger charge is 2.31. The minimum absolute atomic E-state index is 0.0654. The fourth-order valence-electron chi connectivity index (χ4n) is 2.07. The van der Waals surface area contributed by atoms with Crippen LogP contribution in [0, 0.1) is 0 Å². The summed E-state index contributed by atoms with van der Waals surface area (Å²) in [6, 6.07) is -0.212. The van der Waals surface area contributed by atoms with E-state index in [1.165, 1.54) is 11.0 Å². The number of carbonyl (C=O) groups excluding carboxylic acids is 1. The molecule has 0 aliphatic carbocycles. The molecule has 1 saturated heterocycles. The first kappa shape index (κ1) is 13.8. The van der Waals surface area contributed by atoms with Crippen LogP contribution in [0.4, 0.5) is 0 Å².